The quantitative estimate of drug-likeness (QED) is 0.244. The van der Waals surface area contributed by atoms with Crippen LogP contribution < -0.4 is 18.9 Å². The van der Waals surface area contributed by atoms with Gasteiger partial charge in [-0.25, -0.2) is 14.5 Å². The lowest BCUT2D eigenvalue weighted by molar-refractivity contribution is 0.294. The Morgan fingerprint density at radius 3 is 2.52 bits per heavy atom. The number of fused-ring (bicyclic) bond motifs is 6. The molecule has 8 heteroatoms. The van der Waals surface area contributed by atoms with Crippen LogP contribution in [-0.4, -0.2) is 33.8 Å². The van der Waals surface area contributed by atoms with Gasteiger partial charge >= 0.3 is 0 Å². The van der Waals surface area contributed by atoms with Crippen molar-refractivity contribution in [2.24, 2.45) is 0 Å². The highest BCUT2D eigenvalue weighted by atomic mass is 16.5. The summed E-state index contributed by atoms with van der Waals surface area (Å²) < 4.78 is 25.4. The Morgan fingerprint density at radius 1 is 0.850 bits per heavy atom. The third-order valence-corrected chi connectivity index (χ3v) is 7.34. The third kappa shape index (κ3) is 3.88. The van der Waals surface area contributed by atoms with Gasteiger partial charge in [0.1, 0.15) is 24.4 Å². The third-order valence-electron chi connectivity index (χ3n) is 7.34. The van der Waals surface area contributed by atoms with Gasteiger partial charge in [-0.15, -0.1) is 5.10 Å². The van der Waals surface area contributed by atoms with E-state index in [1.54, 1.807) is 25.1 Å². The number of hydrogen-bond acceptors (Lipinski definition) is 7. The van der Waals surface area contributed by atoms with Gasteiger partial charge in [-0.3, -0.25) is 0 Å². The summed E-state index contributed by atoms with van der Waals surface area (Å²) in [5, 5.41) is 6.90. The van der Waals surface area contributed by atoms with Gasteiger partial charge in [-0.05, 0) is 53.1 Å². The van der Waals surface area contributed by atoms with Crippen molar-refractivity contribution in [2.75, 3.05) is 14.2 Å². The normalized spacial score (nSPS) is 13.9. The Morgan fingerprint density at radius 2 is 1.68 bits per heavy atom. The molecule has 4 aromatic carbocycles. The molecule has 8 nitrogen and oxygen atoms in total. The minimum absolute atomic E-state index is 0.225. The SMILES string of the molecule is COc1ccc([C@@H]2c3c(ccc4ccccc34)Oc3ncn4nc(COc5ccccc5C)nc4c32)cc1OC. The predicted molar refractivity (Wildman–Crippen MR) is 151 cm³/mol. The first kappa shape index (κ1) is 24.0. The molecule has 0 saturated carbocycles. The zero-order valence-electron chi connectivity index (χ0n) is 22.3. The molecule has 0 amide bonds. The zero-order chi connectivity index (χ0) is 27.2. The summed E-state index contributed by atoms with van der Waals surface area (Å²) in [4.78, 5) is 9.59. The number of aromatic nitrogens is 4. The Balaban J connectivity index is 1.42. The Kier molecular flexibility index (Phi) is 5.73. The second-order valence-electron chi connectivity index (χ2n) is 9.66. The van der Waals surface area contributed by atoms with Crippen LogP contribution >= 0.6 is 0 Å². The van der Waals surface area contributed by atoms with Crippen molar-refractivity contribution in [1.29, 1.82) is 0 Å². The highest BCUT2D eigenvalue weighted by molar-refractivity contribution is 5.91. The van der Waals surface area contributed by atoms with Gasteiger partial charge in [0.05, 0.1) is 19.8 Å². The molecule has 0 aliphatic carbocycles. The summed E-state index contributed by atoms with van der Waals surface area (Å²) >= 11 is 0. The van der Waals surface area contributed by atoms with E-state index in [2.05, 4.69) is 29.2 Å². The molecule has 0 bridgehead atoms. The number of methoxy groups -OCH3 is 2. The number of benzene rings is 4. The molecule has 2 aromatic heterocycles. The zero-order valence-corrected chi connectivity index (χ0v) is 22.3. The van der Waals surface area contributed by atoms with Crippen LogP contribution in [0.2, 0.25) is 0 Å². The summed E-state index contributed by atoms with van der Waals surface area (Å²) in [7, 11) is 3.27. The van der Waals surface area contributed by atoms with E-state index in [1.807, 2.05) is 61.5 Å². The maximum atomic E-state index is 6.42. The maximum absolute atomic E-state index is 6.42. The molecule has 1 aliphatic heterocycles. The molecule has 40 heavy (non-hydrogen) atoms. The Bertz CT molecular complexity index is 1900. The lowest BCUT2D eigenvalue weighted by Gasteiger charge is -2.29. The molecular formula is C32H26N4O4. The van der Waals surface area contributed by atoms with E-state index in [0.717, 1.165) is 44.5 Å². The number of ether oxygens (including phenoxy) is 4. The van der Waals surface area contributed by atoms with Crippen LogP contribution in [0.15, 0.2) is 85.2 Å². The standard InChI is InChI=1S/C32H26N4O4/c1-19-8-4-7-11-23(19)39-17-27-34-31-30-28(21-13-14-24(37-2)26(16-21)38-3)29-22-10-6-5-9-20(22)12-15-25(29)40-32(30)33-18-36(31)35-27/h4-16,18,28H,17H2,1-3H3/t28-/m1/s1. The van der Waals surface area contributed by atoms with Crippen molar-refractivity contribution < 1.29 is 18.9 Å². The number of rotatable bonds is 6. The second-order valence-corrected chi connectivity index (χ2v) is 9.66. The summed E-state index contributed by atoms with van der Waals surface area (Å²) in [6.45, 7) is 2.24. The van der Waals surface area contributed by atoms with Crippen molar-refractivity contribution in [3.05, 3.63) is 113 Å². The molecule has 1 atom stereocenters. The number of para-hydroxylation sites is 1. The highest BCUT2D eigenvalue weighted by Gasteiger charge is 2.35. The molecule has 0 saturated heterocycles. The number of nitrogens with zero attached hydrogens (tertiary/aromatic N) is 4. The van der Waals surface area contributed by atoms with E-state index in [-0.39, 0.29) is 12.5 Å². The van der Waals surface area contributed by atoms with Crippen LogP contribution in [0.1, 0.15) is 34.0 Å². The fourth-order valence-electron chi connectivity index (χ4n) is 5.44. The van der Waals surface area contributed by atoms with E-state index < -0.39 is 0 Å². The fraction of sp³-hybridized carbons (Fsp3) is 0.156. The summed E-state index contributed by atoms with van der Waals surface area (Å²) in [5.41, 5.74) is 4.57. The topological polar surface area (TPSA) is 80.0 Å². The molecular weight excluding hydrogens is 504 g/mol. The van der Waals surface area contributed by atoms with Crippen LogP contribution in [-0.2, 0) is 6.61 Å². The first-order valence-electron chi connectivity index (χ1n) is 13.0. The maximum Gasteiger partial charge on any atom is 0.228 e. The van der Waals surface area contributed by atoms with E-state index in [9.17, 15) is 0 Å². The van der Waals surface area contributed by atoms with E-state index >= 15 is 0 Å². The summed E-state index contributed by atoms with van der Waals surface area (Å²) in [6.07, 6.45) is 1.64. The largest absolute Gasteiger partial charge is 0.493 e. The first-order chi connectivity index (χ1) is 19.6. The van der Waals surface area contributed by atoms with Gasteiger partial charge in [0.25, 0.3) is 0 Å². The smallest absolute Gasteiger partial charge is 0.228 e. The first-order valence-corrected chi connectivity index (χ1v) is 13.0. The molecule has 0 spiro atoms. The molecule has 0 N–H and O–H groups in total. The Hall–Kier alpha value is -5.11. The minimum Gasteiger partial charge on any atom is -0.493 e. The lowest BCUT2D eigenvalue weighted by atomic mass is 9.81. The van der Waals surface area contributed by atoms with E-state index in [4.69, 9.17) is 29.0 Å². The second kappa shape index (κ2) is 9.57. The van der Waals surface area contributed by atoms with Crippen molar-refractivity contribution in [1.82, 2.24) is 19.6 Å². The molecule has 0 fully saturated rings. The monoisotopic (exact) mass is 530 g/mol. The number of aryl methyl sites for hydroxylation is 1. The van der Waals surface area contributed by atoms with Crippen molar-refractivity contribution in [3.8, 4) is 28.9 Å². The van der Waals surface area contributed by atoms with Crippen molar-refractivity contribution >= 4 is 16.4 Å². The fourth-order valence-corrected chi connectivity index (χ4v) is 5.44. The van der Waals surface area contributed by atoms with E-state index in [0.29, 0.717) is 28.9 Å². The molecule has 0 unspecified atom stereocenters. The predicted octanol–water partition coefficient (Wildman–Crippen LogP) is 6.47. The van der Waals surface area contributed by atoms with Gasteiger partial charge in [-0.1, -0.05) is 54.6 Å². The highest BCUT2D eigenvalue weighted by Crippen LogP contribution is 2.51. The van der Waals surface area contributed by atoms with Crippen LogP contribution in [0.5, 0.6) is 28.9 Å². The van der Waals surface area contributed by atoms with Gasteiger partial charge in [0, 0.05) is 11.5 Å². The van der Waals surface area contributed by atoms with Gasteiger partial charge in [-0.2, -0.15) is 0 Å². The van der Waals surface area contributed by atoms with Crippen molar-refractivity contribution in [3.63, 3.8) is 0 Å². The molecule has 0 radical (unpaired) electrons. The average molecular weight is 531 g/mol. The molecule has 6 aromatic rings. The van der Waals surface area contributed by atoms with Crippen LogP contribution in [0.25, 0.3) is 16.4 Å². The number of hydrogen-bond donors (Lipinski definition) is 0. The minimum atomic E-state index is -0.254. The van der Waals surface area contributed by atoms with E-state index in [1.165, 1.54) is 0 Å². The summed E-state index contributed by atoms with van der Waals surface area (Å²) in [5.74, 6) is 3.64. The molecule has 7 rings (SSSR count). The van der Waals surface area contributed by atoms with Crippen LogP contribution in [0, 0.1) is 6.92 Å². The molecule has 198 valence electrons. The van der Waals surface area contributed by atoms with Crippen molar-refractivity contribution in [2.45, 2.75) is 19.4 Å². The molecule has 1 aliphatic rings. The summed E-state index contributed by atoms with van der Waals surface area (Å²) in [6, 6.07) is 26.3. The van der Waals surface area contributed by atoms with Gasteiger partial charge in [0.15, 0.2) is 23.0 Å². The lowest BCUT2D eigenvalue weighted by Crippen LogP contribution is -2.15. The molecule has 3 heterocycles. The van der Waals surface area contributed by atoms with Crippen LogP contribution in [0.3, 0.4) is 0 Å². The van der Waals surface area contributed by atoms with Gasteiger partial charge in [0.2, 0.25) is 5.88 Å². The van der Waals surface area contributed by atoms with Crippen LogP contribution in [0.4, 0.5) is 0 Å². The van der Waals surface area contributed by atoms with Gasteiger partial charge < -0.3 is 18.9 Å². The average Bonchev–Trinajstić information content (AvgIpc) is 3.42. The Labute approximate surface area is 230 Å².